The van der Waals surface area contributed by atoms with Crippen LogP contribution < -0.4 is 4.90 Å². The van der Waals surface area contributed by atoms with E-state index >= 15 is 0 Å². The summed E-state index contributed by atoms with van der Waals surface area (Å²) in [5, 5.41) is 11.1. The first-order chi connectivity index (χ1) is 13.0. The molecule has 1 saturated carbocycles. The summed E-state index contributed by atoms with van der Waals surface area (Å²) in [5.41, 5.74) is 1.79. The van der Waals surface area contributed by atoms with Gasteiger partial charge in [-0.1, -0.05) is 30.3 Å². The number of ketones is 1. The van der Waals surface area contributed by atoms with Crippen molar-refractivity contribution in [1.29, 1.82) is 0 Å². The molecule has 1 heterocycles. The van der Waals surface area contributed by atoms with Crippen LogP contribution in [0.1, 0.15) is 29.4 Å². The number of carbonyl (C=O) groups is 3. The van der Waals surface area contributed by atoms with Gasteiger partial charge in [-0.25, -0.2) is 4.90 Å². The third-order valence-corrected chi connectivity index (χ3v) is 5.99. The Hall–Kier alpha value is -3.35. The molecule has 4 aliphatic rings. The zero-order valence-electron chi connectivity index (χ0n) is 14.1. The quantitative estimate of drug-likeness (QED) is 0.465. The lowest BCUT2D eigenvalue weighted by Gasteiger charge is -2.43. The molecule has 2 aromatic rings. The van der Waals surface area contributed by atoms with E-state index in [2.05, 4.69) is 0 Å². The van der Waals surface area contributed by atoms with Gasteiger partial charge in [-0.2, -0.15) is 0 Å². The monoisotopic (exact) mass is 362 g/mol. The van der Waals surface area contributed by atoms with Crippen LogP contribution in [0.2, 0.25) is 0 Å². The minimum absolute atomic E-state index is 0.0120. The number of amides is 2. The Kier molecular flexibility index (Phi) is 3.13. The Labute approximate surface area is 153 Å². The second-order valence-electron chi connectivity index (χ2n) is 7.22. The highest BCUT2D eigenvalue weighted by atomic mass is 16.6. The van der Waals surface area contributed by atoms with Crippen molar-refractivity contribution in [1.82, 2.24) is 0 Å². The summed E-state index contributed by atoms with van der Waals surface area (Å²) >= 11 is 0. The van der Waals surface area contributed by atoms with Gasteiger partial charge in [0.25, 0.3) is 5.69 Å². The maximum Gasteiger partial charge on any atom is 0.271 e. The first-order valence-corrected chi connectivity index (χ1v) is 8.73. The molecule has 0 radical (unpaired) electrons. The third kappa shape index (κ3) is 1.99. The van der Waals surface area contributed by atoms with E-state index in [0.717, 1.165) is 16.0 Å². The maximum atomic E-state index is 13.2. The number of Topliss-reactive ketones (excluding diaryl/α,β-unsaturated/α-hetero) is 1. The number of nitro benzene ring substituents is 1. The molecule has 2 amide bonds. The van der Waals surface area contributed by atoms with Crippen LogP contribution in [0.4, 0.5) is 11.4 Å². The lowest BCUT2D eigenvalue weighted by Crippen LogP contribution is -2.44. The van der Waals surface area contributed by atoms with Crippen molar-refractivity contribution in [2.24, 2.45) is 11.8 Å². The van der Waals surface area contributed by atoms with Gasteiger partial charge in [0.2, 0.25) is 11.8 Å². The van der Waals surface area contributed by atoms with Crippen LogP contribution in [0.3, 0.4) is 0 Å². The summed E-state index contributed by atoms with van der Waals surface area (Å²) in [7, 11) is 0. The fraction of sp³-hybridized carbons (Fsp3) is 0.250. The Bertz CT molecular complexity index is 1050. The van der Waals surface area contributed by atoms with Gasteiger partial charge in [0, 0.05) is 24.5 Å². The predicted octanol–water partition coefficient (Wildman–Crippen LogP) is 2.55. The van der Waals surface area contributed by atoms with Crippen LogP contribution in [-0.2, 0) is 14.4 Å². The normalized spacial score (nSPS) is 28.3. The standard InChI is InChI=1S/C20H14N2O5/c23-15-9-14-12-6-1-2-7-13(12)16(15)18-17(14)19(24)21(20(18)25)10-4-3-5-11(8-10)22(26)27/h1-8,14,16-18H,9H2/t14-,16+,17-,18-/m0/s1. The number of nitrogens with zero attached hydrogens (tertiary/aromatic N) is 2. The van der Waals surface area contributed by atoms with Crippen LogP contribution in [0.25, 0.3) is 0 Å². The van der Waals surface area contributed by atoms with Crippen LogP contribution >= 0.6 is 0 Å². The lowest BCUT2D eigenvalue weighted by molar-refractivity contribution is -0.384. The highest BCUT2D eigenvalue weighted by Gasteiger charge is 2.62. The topological polar surface area (TPSA) is 97.6 Å². The molecule has 2 fully saturated rings. The smallest absolute Gasteiger partial charge is 0.271 e. The molecule has 6 rings (SSSR count). The molecule has 134 valence electrons. The first-order valence-electron chi connectivity index (χ1n) is 8.73. The fourth-order valence-electron chi connectivity index (χ4n) is 4.96. The van der Waals surface area contributed by atoms with Crippen molar-refractivity contribution in [3.05, 3.63) is 69.8 Å². The average Bonchev–Trinajstić information content (AvgIpc) is 2.94. The van der Waals surface area contributed by atoms with E-state index in [-0.39, 0.29) is 35.4 Å². The molecule has 1 saturated heterocycles. The Balaban J connectivity index is 1.63. The second kappa shape index (κ2) is 5.33. The number of hydrogen-bond donors (Lipinski definition) is 0. The summed E-state index contributed by atoms with van der Waals surface area (Å²) < 4.78 is 0. The highest BCUT2D eigenvalue weighted by molar-refractivity contribution is 6.24. The molecule has 2 aromatic carbocycles. The number of imide groups is 1. The molecule has 0 spiro atoms. The number of hydrogen-bond acceptors (Lipinski definition) is 5. The summed E-state index contributed by atoms with van der Waals surface area (Å²) in [6.07, 6.45) is 0.255. The first kappa shape index (κ1) is 15.9. The number of nitro groups is 1. The van der Waals surface area contributed by atoms with Gasteiger partial charge in [0.15, 0.2) is 0 Å². The Morgan fingerprint density at radius 1 is 0.926 bits per heavy atom. The molecule has 0 N–H and O–H groups in total. The zero-order valence-corrected chi connectivity index (χ0v) is 14.1. The number of rotatable bonds is 2. The largest absolute Gasteiger partial charge is 0.299 e. The van der Waals surface area contributed by atoms with Gasteiger partial charge >= 0.3 is 0 Å². The number of non-ortho nitro benzene ring substituents is 1. The molecule has 2 bridgehead atoms. The Morgan fingerprint density at radius 2 is 1.63 bits per heavy atom. The van der Waals surface area contributed by atoms with Crippen molar-refractivity contribution < 1.29 is 19.3 Å². The van der Waals surface area contributed by atoms with Crippen LogP contribution in [0, 0.1) is 22.0 Å². The molecular formula is C20H14N2O5. The van der Waals surface area contributed by atoms with Gasteiger partial charge in [-0.15, -0.1) is 0 Å². The Morgan fingerprint density at radius 3 is 2.37 bits per heavy atom. The van der Waals surface area contributed by atoms with Gasteiger partial charge in [-0.05, 0) is 17.2 Å². The van der Waals surface area contributed by atoms with E-state index in [0.29, 0.717) is 0 Å². The minimum Gasteiger partial charge on any atom is -0.299 e. The van der Waals surface area contributed by atoms with Crippen LogP contribution in [0.5, 0.6) is 0 Å². The fourth-order valence-corrected chi connectivity index (χ4v) is 4.96. The number of benzene rings is 2. The molecular weight excluding hydrogens is 348 g/mol. The van der Waals surface area contributed by atoms with Crippen LogP contribution in [0.15, 0.2) is 48.5 Å². The van der Waals surface area contributed by atoms with Gasteiger partial charge < -0.3 is 0 Å². The van der Waals surface area contributed by atoms with Crippen molar-refractivity contribution in [2.45, 2.75) is 18.3 Å². The molecule has 7 heteroatoms. The zero-order chi connectivity index (χ0) is 18.9. The SMILES string of the molecule is O=C1C[C@H]2c3ccccc3[C@H]1[C@@H]1C(=O)N(c3cccc([N+](=O)[O-])c3)C(=O)[C@H]12. The van der Waals surface area contributed by atoms with E-state index in [1.54, 1.807) is 0 Å². The van der Waals surface area contributed by atoms with Crippen molar-refractivity contribution in [3.8, 4) is 0 Å². The van der Waals surface area contributed by atoms with E-state index < -0.39 is 28.6 Å². The summed E-state index contributed by atoms with van der Waals surface area (Å²) in [6.45, 7) is 0. The summed E-state index contributed by atoms with van der Waals surface area (Å²) in [6, 6.07) is 13.0. The molecule has 1 aliphatic heterocycles. The van der Waals surface area contributed by atoms with Gasteiger partial charge in [-0.3, -0.25) is 24.5 Å². The highest BCUT2D eigenvalue weighted by Crippen LogP contribution is 2.57. The third-order valence-electron chi connectivity index (χ3n) is 5.99. The summed E-state index contributed by atoms with van der Waals surface area (Å²) in [4.78, 5) is 50.5. The molecule has 3 aliphatic carbocycles. The van der Waals surface area contributed by atoms with E-state index in [1.807, 2.05) is 24.3 Å². The van der Waals surface area contributed by atoms with Gasteiger partial charge in [0.05, 0.1) is 28.4 Å². The van der Waals surface area contributed by atoms with E-state index in [4.69, 9.17) is 0 Å². The number of anilines is 1. The summed E-state index contributed by atoms with van der Waals surface area (Å²) in [5.74, 6) is -3.07. The van der Waals surface area contributed by atoms with Crippen LogP contribution in [-0.4, -0.2) is 22.5 Å². The molecule has 0 aromatic heterocycles. The molecule has 4 atom stereocenters. The van der Waals surface area contributed by atoms with Crippen molar-refractivity contribution >= 4 is 29.0 Å². The second-order valence-corrected chi connectivity index (χ2v) is 7.22. The minimum atomic E-state index is -0.724. The molecule has 27 heavy (non-hydrogen) atoms. The van der Waals surface area contributed by atoms with Crippen molar-refractivity contribution in [3.63, 3.8) is 0 Å². The molecule has 0 unspecified atom stereocenters. The number of carbonyl (C=O) groups excluding carboxylic acids is 3. The predicted molar refractivity (Wildman–Crippen MR) is 94.1 cm³/mol. The van der Waals surface area contributed by atoms with Crippen molar-refractivity contribution in [2.75, 3.05) is 4.90 Å². The van der Waals surface area contributed by atoms with E-state index in [1.165, 1.54) is 24.3 Å². The van der Waals surface area contributed by atoms with E-state index in [9.17, 15) is 24.5 Å². The molecule has 7 nitrogen and oxygen atoms in total. The van der Waals surface area contributed by atoms with Gasteiger partial charge in [0.1, 0.15) is 5.78 Å². The maximum absolute atomic E-state index is 13.2. The number of fused-ring (bicyclic) bond motifs is 1. The average molecular weight is 362 g/mol. The lowest BCUT2D eigenvalue weighted by atomic mass is 9.56.